The average Bonchev–Trinajstić information content (AvgIpc) is 3.06. The Kier molecular flexibility index (Phi) is 4.75. The molecule has 1 aliphatic rings. The lowest BCUT2D eigenvalue weighted by molar-refractivity contribution is -0.131. The number of rotatable bonds is 6. The normalized spacial score (nSPS) is 19.1. The molecule has 1 aliphatic heterocycles. The van der Waals surface area contributed by atoms with Crippen LogP contribution in [0.25, 0.3) is 0 Å². The lowest BCUT2D eigenvalue weighted by Gasteiger charge is -2.24. The first-order valence-electron chi connectivity index (χ1n) is 6.76. The van der Waals surface area contributed by atoms with Gasteiger partial charge in [0, 0.05) is 44.5 Å². The van der Waals surface area contributed by atoms with E-state index < -0.39 is 0 Å². The molecule has 5 nitrogen and oxygen atoms in total. The van der Waals surface area contributed by atoms with Crippen molar-refractivity contribution in [2.75, 3.05) is 19.6 Å². The zero-order valence-corrected chi connectivity index (χ0v) is 11.0. The van der Waals surface area contributed by atoms with E-state index in [1.807, 2.05) is 22.6 Å². The highest BCUT2D eigenvalue weighted by Crippen LogP contribution is 2.08. The summed E-state index contributed by atoms with van der Waals surface area (Å²) in [5.41, 5.74) is 0. The number of amides is 1. The van der Waals surface area contributed by atoms with Crippen molar-refractivity contribution in [3.63, 3.8) is 0 Å². The van der Waals surface area contributed by atoms with Gasteiger partial charge >= 0.3 is 0 Å². The summed E-state index contributed by atoms with van der Waals surface area (Å²) in [6.07, 6.45) is 8.35. The van der Waals surface area contributed by atoms with Crippen molar-refractivity contribution in [2.24, 2.45) is 0 Å². The molecule has 0 aromatic carbocycles. The summed E-state index contributed by atoms with van der Waals surface area (Å²) < 4.78 is 1.94. The summed E-state index contributed by atoms with van der Waals surface area (Å²) in [5, 5.41) is 3.44. The van der Waals surface area contributed by atoms with Crippen LogP contribution < -0.4 is 5.32 Å². The second-order valence-electron chi connectivity index (χ2n) is 4.78. The van der Waals surface area contributed by atoms with Crippen LogP contribution in [0.5, 0.6) is 0 Å². The molecule has 1 aromatic heterocycles. The van der Waals surface area contributed by atoms with Crippen molar-refractivity contribution in [1.82, 2.24) is 19.8 Å². The summed E-state index contributed by atoms with van der Waals surface area (Å²) in [7, 11) is 0. The first-order valence-corrected chi connectivity index (χ1v) is 6.76. The van der Waals surface area contributed by atoms with Gasteiger partial charge in [0.15, 0.2) is 0 Å². The Bertz CT molecular complexity index is 357. The van der Waals surface area contributed by atoms with Crippen LogP contribution in [-0.4, -0.2) is 46.0 Å². The molecule has 18 heavy (non-hydrogen) atoms. The van der Waals surface area contributed by atoms with Gasteiger partial charge in [-0.3, -0.25) is 4.79 Å². The van der Waals surface area contributed by atoms with Crippen molar-refractivity contribution in [3.05, 3.63) is 18.7 Å². The highest BCUT2D eigenvalue weighted by molar-refractivity contribution is 5.76. The Morgan fingerprint density at radius 1 is 1.61 bits per heavy atom. The van der Waals surface area contributed by atoms with E-state index in [2.05, 4.69) is 10.3 Å². The van der Waals surface area contributed by atoms with Crippen LogP contribution in [0.15, 0.2) is 18.7 Å². The summed E-state index contributed by atoms with van der Waals surface area (Å²) >= 11 is 0. The Morgan fingerprint density at radius 3 is 3.11 bits per heavy atom. The largest absolute Gasteiger partial charge is 0.341 e. The Morgan fingerprint density at radius 2 is 2.50 bits per heavy atom. The minimum atomic E-state index is 0.236. The minimum absolute atomic E-state index is 0.236. The van der Waals surface area contributed by atoms with E-state index in [0.717, 1.165) is 19.6 Å². The number of aryl methyl sites for hydroxylation is 1. The molecule has 1 saturated heterocycles. The number of hydrogen-bond acceptors (Lipinski definition) is 3. The number of aromatic nitrogens is 2. The van der Waals surface area contributed by atoms with E-state index >= 15 is 0 Å². The molecule has 1 unspecified atom stereocenters. The maximum absolute atomic E-state index is 12.1. The van der Waals surface area contributed by atoms with Gasteiger partial charge in [-0.05, 0) is 26.3 Å². The molecule has 0 aliphatic carbocycles. The number of imidazole rings is 1. The lowest BCUT2D eigenvalue weighted by atomic mass is 10.2. The maximum atomic E-state index is 12.1. The third-order valence-corrected chi connectivity index (χ3v) is 3.48. The molecule has 1 aromatic rings. The smallest absolute Gasteiger partial charge is 0.224 e. The van der Waals surface area contributed by atoms with Crippen LogP contribution in [0.4, 0.5) is 0 Å². The van der Waals surface area contributed by atoms with Crippen molar-refractivity contribution in [2.45, 2.75) is 38.8 Å². The number of carbonyl (C=O) groups excluding carboxylic acids is 1. The molecular weight excluding hydrogens is 228 g/mol. The van der Waals surface area contributed by atoms with E-state index in [9.17, 15) is 4.79 Å². The average molecular weight is 250 g/mol. The molecule has 1 atom stereocenters. The number of hydrogen-bond donors (Lipinski definition) is 1. The fourth-order valence-electron chi connectivity index (χ4n) is 2.39. The summed E-state index contributed by atoms with van der Waals surface area (Å²) in [6, 6.07) is 0.488. The van der Waals surface area contributed by atoms with Crippen molar-refractivity contribution < 1.29 is 4.79 Å². The van der Waals surface area contributed by atoms with Gasteiger partial charge in [0.2, 0.25) is 5.91 Å². The van der Waals surface area contributed by atoms with Crippen LogP contribution in [0, 0.1) is 0 Å². The fraction of sp³-hybridized carbons (Fsp3) is 0.692. The topological polar surface area (TPSA) is 50.2 Å². The third kappa shape index (κ3) is 3.57. The van der Waals surface area contributed by atoms with Crippen molar-refractivity contribution in [3.8, 4) is 0 Å². The minimum Gasteiger partial charge on any atom is -0.341 e. The first kappa shape index (κ1) is 13.1. The first-order chi connectivity index (χ1) is 8.79. The van der Waals surface area contributed by atoms with Crippen LogP contribution >= 0.6 is 0 Å². The van der Waals surface area contributed by atoms with Gasteiger partial charge in [0.05, 0.1) is 6.33 Å². The number of nitrogens with zero attached hydrogens (tertiary/aromatic N) is 3. The monoisotopic (exact) mass is 250 g/mol. The van der Waals surface area contributed by atoms with Gasteiger partial charge in [-0.1, -0.05) is 0 Å². The standard InChI is InChI=1S/C13H22N4O/c1-2-17(10-12-4-3-6-15-12)13(18)5-8-16-9-7-14-11-16/h7,9,11-12,15H,2-6,8,10H2,1H3. The zero-order valence-electron chi connectivity index (χ0n) is 11.0. The van der Waals surface area contributed by atoms with Crippen LogP contribution in [0.3, 0.4) is 0 Å². The SMILES string of the molecule is CCN(CC1CCCN1)C(=O)CCn1ccnc1. The quantitative estimate of drug-likeness (QED) is 0.815. The van der Waals surface area contributed by atoms with Crippen LogP contribution in [-0.2, 0) is 11.3 Å². The molecule has 0 bridgehead atoms. The Labute approximate surface area is 108 Å². The van der Waals surface area contributed by atoms with E-state index in [1.54, 1.807) is 12.5 Å². The predicted molar refractivity (Wildman–Crippen MR) is 70.1 cm³/mol. The molecule has 2 rings (SSSR count). The maximum Gasteiger partial charge on any atom is 0.224 e. The number of likely N-dealkylation sites (N-methyl/N-ethyl adjacent to an activating group) is 1. The highest BCUT2D eigenvalue weighted by atomic mass is 16.2. The molecule has 1 fully saturated rings. The summed E-state index contributed by atoms with van der Waals surface area (Å²) in [5.74, 6) is 0.236. The Balaban J connectivity index is 1.77. The van der Waals surface area contributed by atoms with Gasteiger partial charge in [-0.25, -0.2) is 4.98 Å². The van der Waals surface area contributed by atoms with E-state index in [1.165, 1.54) is 12.8 Å². The predicted octanol–water partition coefficient (Wildman–Crippen LogP) is 0.874. The van der Waals surface area contributed by atoms with Crippen LogP contribution in [0.2, 0.25) is 0 Å². The molecule has 0 radical (unpaired) electrons. The van der Waals surface area contributed by atoms with Crippen molar-refractivity contribution in [1.29, 1.82) is 0 Å². The molecule has 2 heterocycles. The van der Waals surface area contributed by atoms with E-state index in [-0.39, 0.29) is 5.91 Å². The van der Waals surface area contributed by atoms with Gasteiger partial charge in [0.25, 0.3) is 0 Å². The molecule has 0 saturated carbocycles. The summed E-state index contributed by atoms with van der Waals surface area (Å²) in [6.45, 7) is 5.49. The van der Waals surface area contributed by atoms with Crippen LogP contribution in [0.1, 0.15) is 26.2 Å². The highest BCUT2D eigenvalue weighted by Gasteiger charge is 2.19. The molecule has 1 amide bonds. The lowest BCUT2D eigenvalue weighted by Crippen LogP contribution is -2.41. The number of nitrogens with one attached hydrogen (secondary N) is 1. The zero-order chi connectivity index (χ0) is 12.8. The molecule has 100 valence electrons. The second-order valence-corrected chi connectivity index (χ2v) is 4.78. The fourth-order valence-corrected chi connectivity index (χ4v) is 2.39. The summed E-state index contributed by atoms with van der Waals surface area (Å²) in [4.78, 5) is 18.1. The van der Waals surface area contributed by atoms with Gasteiger partial charge < -0.3 is 14.8 Å². The van der Waals surface area contributed by atoms with Gasteiger partial charge in [-0.2, -0.15) is 0 Å². The molecule has 5 heteroatoms. The second kappa shape index (κ2) is 6.54. The van der Waals surface area contributed by atoms with Gasteiger partial charge in [-0.15, -0.1) is 0 Å². The van der Waals surface area contributed by atoms with Gasteiger partial charge in [0.1, 0.15) is 0 Å². The Hall–Kier alpha value is -1.36. The van der Waals surface area contributed by atoms with E-state index in [0.29, 0.717) is 19.0 Å². The number of carbonyl (C=O) groups is 1. The van der Waals surface area contributed by atoms with E-state index in [4.69, 9.17) is 0 Å². The molecule has 0 spiro atoms. The third-order valence-electron chi connectivity index (χ3n) is 3.48. The molecular formula is C13H22N4O. The van der Waals surface area contributed by atoms with Crippen molar-refractivity contribution >= 4 is 5.91 Å². The molecule has 1 N–H and O–H groups in total.